The van der Waals surface area contributed by atoms with Crippen LogP contribution in [0.15, 0.2) is 78.2 Å². The van der Waals surface area contributed by atoms with Gasteiger partial charge in [-0.15, -0.1) is 11.3 Å². The van der Waals surface area contributed by atoms with Crippen molar-refractivity contribution in [2.45, 2.75) is 32.7 Å². The van der Waals surface area contributed by atoms with Gasteiger partial charge in [0.15, 0.2) is 0 Å². The molecule has 0 saturated carbocycles. The number of hydrogen-bond acceptors (Lipinski definition) is 5. The normalized spacial score (nSPS) is 11.8. The molecule has 1 aromatic heterocycles. The number of benzene rings is 3. The topological polar surface area (TPSA) is 62.7 Å². The van der Waals surface area contributed by atoms with Crippen LogP contribution >= 0.6 is 34.5 Å². The molecule has 0 aliphatic heterocycles. The Kier molecular flexibility index (Phi) is 8.42. The molecule has 5 nitrogen and oxygen atoms in total. The Balaban J connectivity index is 1.64. The van der Waals surface area contributed by atoms with Crippen LogP contribution in [0, 0.1) is 0 Å². The van der Waals surface area contributed by atoms with Gasteiger partial charge in [0.2, 0.25) is 0 Å². The number of amides is 1. The van der Waals surface area contributed by atoms with Crippen LogP contribution in [0.25, 0.3) is 0 Å². The van der Waals surface area contributed by atoms with Gasteiger partial charge in [0.05, 0.1) is 24.9 Å². The highest BCUT2D eigenvalue weighted by Gasteiger charge is 2.24. The van der Waals surface area contributed by atoms with E-state index in [9.17, 15) is 9.90 Å². The number of rotatable bonds is 9. The fourth-order valence-corrected chi connectivity index (χ4v) is 4.69. The number of aliphatic hydroxyl groups is 1. The second-order valence-electron chi connectivity index (χ2n) is 7.96. The number of ether oxygens (including phenoxy) is 1. The standard InChI is InChI=1S/C27H24Cl2N2O3S/c1-18(19-5-3-2-4-6-19)31(27(33)20-7-9-22(28)10-8-20)14-21-13-23(29)11-12-25(21)34-16-26-30-24(15-32)17-35-26/h2-13,17-18,32H,14-16H2,1H3. The molecule has 0 bridgehead atoms. The Labute approximate surface area is 218 Å². The number of carbonyl (C=O) groups excluding carboxylic acids is 1. The van der Waals surface area contributed by atoms with Crippen LogP contribution < -0.4 is 4.74 Å². The molecule has 4 rings (SSSR count). The molecular weight excluding hydrogens is 503 g/mol. The zero-order valence-corrected chi connectivity index (χ0v) is 21.4. The highest BCUT2D eigenvalue weighted by atomic mass is 35.5. The van der Waals surface area contributed by atoms with Gasteiger partial charge < -0.3 is 14.7 Å². The number of thiazole rings is 1. The third-order valence-electron chi connectivity index (χ3n) is 5.58. The highest BCUT2D eigenvalue weighted by Crippen LogP contribution is 2.30. The summed E-state index contributed by atoms with van der Waals surface area (Å²) >= 11 is 13.8. The summed E-state index contributed by atoms with van der Waals surface area (Å²) in [6.07, 6.45) is 0. The summed E-state index contributed by atoms with van der Waals surface area (Å²) in [4.78, 5) is 19.8. The summed E-state index contributed by atoms with van der Waals surface area (Å²) in [7, 11) is 0. The van der Waals surface area contributed by atoms with E-state index in [4.69, 9.17) is 27.9 Å². The van der Waals surface area contributed by atoms with Gasteiger partial charge in [0, 0.05) is 26.6 Å². The average molecular weight is 527 g/mol. The predicted molar refractivity (Wildman–Crippen MR) is 140 cm³/mol. The summed E-state index contributed by atoms with van der Waals surface area (Å²) in [5.74, 6) is 0.487. The lowest BCUT2D eigenvalue weighted by Gasteiger charge is -2.30. The first-order chi connectivity index (χ1) is 16.9. The molecule has 8 heteroatoms. The zero-order chi connectivity index (χ0) is 24.8. The molecule has 4 aromatic rings. The van der Waals surface area contributed by atoms with Crippen molar-refractivity contribution in [3.8, 4) is 5.75 Å². The van der Waals surface area contributed by atoms with Crippen molar-refractivity contribution < 1.29 is 14.6 Å². The first-order valence-corrected chi connectivity index (χ1v) is 12.6. The number of aliphatic hydroxyl groups excluding tert-OH is 1. The van der Waals surface area contributed by atoms with E-state index >= 15 is 0 Å². The van der Waals surface area contributed by atoms with Gasteiger partial charge in [0.25, 0.3) is 5.91 Å². The minimum atomic E-state index is -0.211. The molecule has 0 fully saturated rings. The van der Waals surface area contributed by atoms with E-state index in [2.05, 4.69) is 4.98 Å². The fraction of sp³-hybridized carbons (Fsp3) is 0.185. The smallest absolute Gasteiger partial charge is 0.254 e. The molecule has 1 heterocycles. The van der Waals surface area contributed by atoms with E-state index in [-0.39, 0.29) is 31.7 Å². The molecular formula is C27H24Cl2N2O3S. The largest absolute Gasteiger partial charge is 0.486 e. The van der Waals surface area contributed by atoms with E-state index in [1.807, 2.05) is 43.3 Å². The quantitative estimate of drug-likeness (QED) is 0.257. The molecule has 35 heavy (non-hydrogen) atoms. The lowest BCUT2D eigenvalue weighted by molar-refractivity contribution is 0.0672. The minimum absolute atomic E-state index is 0.109. The Bertz CT molecular complexity index is 1280. The lowest BCUT2D eigenvalue weighted by atomic mass is 10.0. The lowest BCUT2D eigenvalue weighted by Crippen LogP contribution is -2.33. The van der Waals surface area contributed by atoms with Crippen LogP contribution in [0.1, 0.15) is 45.2 Å². The van der Waals surface area contributed by atoms with Crippen molar-refractivity contribution in [1.29, 1.82) is 0 Å². The van der Waals surface area contributed by atoms with Crippen LogP contribution in [0.3, 0.4) is 0 Å². The summed E-state index contributed by atoms with van der Waals surface area (Å²) in [6.45, 7) is 2.42. The maximum atomic E-state index is 13.7. The Hall–Kier alpha value is -2.90. The van der Waals surface area contributed by atoms with Gasteiger partial charge >= 0.3 is 0 Å². The number of nitrogens with zero attached hydrogens (tertiary/aromatic N) is 2. The van der Waals surface area contributed by atoms with Crippen LogP contribution in [-0.4, -0.2) is 20.9 Å². The van der Waals surface area contributed by atoms with Crippen LogP contribution in [-0.2, 0) is 19.8 Å². The van der Waals surface area contributed by atoms with Gasteiger partial charge in [-0.2, -0.15) is 0 Å². The highest BCUT2D eigenvalue weighted by molar-refractivity contribution is 7.09. The number of aromatic nitrogens is 1. The molecule has 0 saturated heterocycles. The van der Waals surface area contributed by atoms with Gasteiger partial charge in [-0.25, -0.2) is 4.98 Å². The molecule has 0 aliphatic carbocycles. The number of hydrogen-bond donors (Lipinski definition) is 1. The SMILES string of the molecule is CC(c1ccccc1)N(Cc1cc(Cl)ccc1OCc1nc(CO)cs1)C(=O)c1ccc(Cl)cc1. The van der Waals surface area contributed by atoms with Crippen molar-refractivity contribution in [1.82, 2.24) is 9.88 Å². The Morgan fingerprint density at radius 1 is 1.06 bits per heavy atom. The third-order valence-corrected chi connectivity index (χ3v) is 6.94. The molecule has 180 valence electrons. The summed E-state index contributed by atoms with van der Waals surface area (Å²) in [5.41, 5.74) is 2.95. The summed E-state index contributed by atoms with van der Waals surface area (Å²) in [6, 6.07) is 21.9. The van der Waals surface area contributed by atoms with E-state index in [0.29, 0.717) is 27.1 Å². The maximum absolute atomic E-state index is 13.7. The van der Waals surface area contributed by atoms with Crippen molar-refractivity contribution in [2.75, 3.05) is 0 Å². The van der Waals surface area contributed by atoms with Crippen LogP contribution in [0.2, 0.25) is 10.0 Å². The maximum Gasteiger partial charge on any atom is 0.254 e. The third kappa shape index (κ3) is 6.41. The number of halogens is 2. The van der Waals surface area contributed by atoms with Crippen LogP contribution in [0.5, 0.6) is 5.75 Å². The second-order valence-corrected chi connectivity index (χ2v) is 9.77. The van der Waals surface area contributed by atoms with Gasteiger partial charge in [0.1, 0.15) is 17.4 Å². The molecule has 0 spiro atoms. The molecule has 1 unspecified atom stereocenters. The molecule has 0 aliphatic rings. The van der Waals surface area contributed by atoms with E-state index in [0.717, 1.165) is 16.1 Å². The van der Waals surface area contributed by atoms with E-state index in [1.54, 1.807) is 46.7 Å². The molecule has 1 N–H and O–H groups in total. The van der Waals surface area contributed by atoms with Crippen molar-refractivity contribution >= 4 is 40.4 Å². The molecule has 1 atom stereocenters. The Morgan fingerprint density at radius 2 is 1.77 bits per heavy atom. The second kappa shape index (κ2) is 11.7. The molecule has 3 aromatic carbocycles. The van der Waals surface area contributed by atoms with Gasteiger partial charge in [-0.05, 0) is 55.0 Å². The molecule has 0 radical (unpaired) electrons. The van der Waals surface area contributed by atoms with E-state index < -0.39 is 0 Å². The first-order valence-electron chi connectivity index (χ1n) is 11.0. The van der Waals surface area contributed by atoms with Crippen LogP contribution in [0.4, 0.5) is 0 Å². The van der Waals surface area contributed by atoms with Crippen molar-refractivity contribution in [3.63, 3.8) is 0 Å². The number of carbonyl (C=O) groups is 1. The van der Waals surface area contributed by atoms with Gasteiger partial charge in [-0.1, -0.05) is 53.5 Å². The van der Waals surface area contributed by atoms with Crippen molar-refractivity contribution in [3.05, 3.63) is 116 Å². The average Bonchev–Trinajstić information content (AvgIpc) is 3.35. The van der Waals surface area contributed by atoms with Gasteiger partial charge in [-0.3, -0.25) is 4.79 Å². The first kappa shape index (κ1) is 25.2. The molecule has 1 amide bonds. The monoisotopic (exact) mass is 526 g/mol. The summed E-state index contributed by atoms with van der Waals surface area (Å²) < 4.78 is 6.08. The zero-order valence-electron chi connectivity index (χ0n) is 19.0. The van der Waals surface area contributed by atoms with E-state index in [1.165, 1.54) is 11.3 Å². The van der Waals surface area contributed by atoms with Crippen molar-refractivity contribution in [2.24, 2.45) is 0 Å². The minimum Gasteiger partial charge on any atom is -0.486 e. The fourth-order valence-electron chi connectivity index (χ4n) is 3.68. The summed E-state index contributed by atoms with van der Waals surface area (Å²) in [5, 5.41) is 12.9. The predicted octanol–water partition coefficient (Wildman–Crippen LogP) is 6.92. The Morgan fingerprint density at radius 3 is 2.46 bits per heavy atom.